The van der Waals surface area contributed by atoms with Crippen LogP contribution in [0, 0.1) is 6.92 Å². The summed E-state index contributed by atoms with van der Waals surface area (Å²) in [5.74, 6) is 1.10. The second-order valence-electron chi connectivity index (χ2n) is 2.99. The van der Waals surface area contributed by atoms with Crippen LogP contribution in [0.15, 0.2) is 18.2 Å². The third kappa shape index (κ3) is 5.70. The van der Waals surface area contributed by atoms with E-state index in [1.54, 1.807) is 11.9 Å². The average molecular weight is 226 g/mol. The lowest BCUT2D eigenvalue weighted by Crippen LogP contribution is -1.98. The molecule has 0 saturated carbocycles. The van der Waals surface area contributed by atoms with E-state index in [1.807, 2.05) is 33.9 Å². The molecule has 0 bridgehead atoms. The summed E-state index contributed by atoms with van der Waals surface area (Å²) in [5, 5.41) is 0. The van der Waals surface area contributed by atoms with Crippen LogP contribution in [0.5, 0.6) is 0 Å². The van der Waals surface area contributed by atoms with Crippen molar-refractivity contribution < 1.29 is 0 Å². The molecule has 0 saturated heterocycles. The Kier molecular flexibility index (Phi) is 8.24. The summed E-state index contributed by atoms with van der Waals surface area (Å²) in [4.78, 5) is 0. The monoisotopic (exact) mass is 226 g/mol. The molecule has 86 valence electrons. The molecule has 1 aromatic carbocycles. The number of rotatable bonds is 4. The minimum absolute atomic E-state index is 0.880. The first-order chi connectivity index (χ1) is 7.24. The zero-order valence-corrected chi connectivity index (χ0v) is 10.9. The van der Waals surface area contributed by atoms with Crippen molar-refractivity contribution in [3.63, 3.8) is 0 Å². The van der Waals surface area contributed by atoms with Crippen LogP contribution in [0.4, 0.5) is 5.69 Å². The Morgan fingerprint density at radius 3 is 2.53 bits per heavy atom. The first-order valence-corrected chi connectivity index (χ1v) is 6.36. The second kappa shape index (κ2) is 8.62. The molecule has 0 atom stereocenters. The number of anilines is 1. The maximum Gasteiger partial charge on any atom is 0.0343 e. The van der Waals surface area contributed by atoms with Crippen molar-refractivity contribution >= 4 is 17.6 Å². The molecule has 0 fully saturated rings. The SMILES string of the molecule is CC.CNSCCc1ccc(N)c(C)c1. The molecule has 3 heteroatoms. The van der Waals surface area contributed by atoms with Gasteiger partial charge in [0.1, 0.15) is 0 Å². The van der Waals surface area contributed by atoms with Gasteiger partial charge in [0.15, 0.2) is 0 Å². The quantitative estimate of drug-likeness (QED) is 0.471. The Morgan fingerprint density at radius 1 is 1.33 bits per heavy atom. The van der Waals surface area contributed by atoms with Gasteiger partial charge in [0.05, 0.1) is 0 Å². The molecule has 1 aromatic rings. The lowest BCUT2D eigenvalue weighted by Gasteiger charge is -2.04. The van der Waals surface area contributed by atoms with Crippen LogP contribution in [-0.4, -0.2) is 12.8 Å². The molecule has 0 aliphatic heterocycles. The van der Waals surface area contributed by atoms with Gasteiger partial charge < -0.3 is 5.73 Å². The Hall–Kier alpha value is -0.670. The Bertz CT molecular complexity index is 274. The zero-order valence-electron chi connectivity index (χ0n) is 10.1. The predicted molar refractivity (Wildman–Crippen MR) is 72.2 cm³/mol. The van der Waals surface area contributed by atoms with Crippen LogP contribution < -0.4 is 10.5 Å². The van der Waals surface area contributed by atoms with Crippen LogP contribution in [-0.2, 0) is 6.42 Å². The normalized spacial score (nSPS) is 9.33. The first-order valence-electron chi connectivity index (χ1n) is 5.37. The summed E-state index contributed by atoms with van der Waals surface area (Å²) >= 11 is 1.73. The molecule has 0 radical (unpaired) electrons. The highest BCUT2D eigenvalue weighted by Crippen LogP contribution is 2.13. The van der Waals surface area contributed by atoms with E-state index in [0.717, 1.165) is 17.9 Å². The molecule has 2 nitrogen and oxygen atoms in total. The molecular formula is C12H22N2S. The Labute approximate surface area is 97.8 Å². The summed E-state index contributed by atoms with van der Waals surface area (Å²) in [6, 6.07) is 6.23. The molecule has 0 unspecified atom stereocenters. The molecule has 15 heavy (non-hydrogen) atoms. The van der Waals surface area contributed by atoms with E-state index in [1.165, 1.54) is 11.1 Å². The lowest BCUT2D eigenvalue weighted by atomic mass is 10.1. The molecule has 1 rings (SSSR count). The van der Waals surface area contributed by atoms with E-state index < -0.39 is 0 Å². The van der Waals surface area contributed by atoms with Gasteiger partial charge in [-0.15, -0.1) is 0 Å². The van der Waals surface area contributed by atoms with Crippen molar-refractivity contribution in [1.82, 2.24) is 4.72 Å². The van der Waals surface area contributed by atoms with E-state index in [2.05, 4.69) is 16.9 Å². The maximum atomic E-state index is 5.73. The van der Waals surface area contributed by atoms with Crippen molar-refractivity contribution in [1.29, 1.82) is 0 Å². The second-order valence-corrected chi connectivity index (χ2v) is 4.10. The summed E-state index contributed by atoms with van der Waals surface area (Å²) in [6.07, 6.45) is 1.09. The third-order valence-electron chi connectivity index (χ3n) is 1.97. The van der Waals surface area contributed by atoms with Crippen molar-refractivity contribution in [2.75, 3.05) is 18.5 Å². The fourth-order valence-electron chi connectivity index (χ4n) is 1.16. The highest BCUT2D eigenvalue weighted by Gasteiger charge is 1.96. The maximum absolute atomic E-state index is 5.73. The van der Waals surface area contributed by atoms with E-state index >= 15 is 0 Å². The first kappa shape index (κ1) is 14.3. The summed E-state index contributed by atoms with van der Waals surface area (Å²) in [5.41, 5.74) is 9.13. The Balaban J connectivity index is 0.000000921. The molecule has 0 aliphatic carbocycles. The average Bonchev–Trinajstić information content (AvgIpc) is 2.27. The fraction of sp³-hybridized carbons (Fsp3) is 0.500. The van der Waals surface area contributed by atoms with Gasteiger partial charge in [0.2, 0.25) is 0 Å². The van der Waals surface area contributed by atoms with E-state index in [9.17, 15) is 0 Å². The van der Waals surface area contributed by atoms with Crippen LogP contribution in [0.2, 0.25) is 0 Å². The highest BCUT2D eigenvalue weighted by molar-refractivity contribution is 7.97. The third-order valence-corrected chi connectivity index (χ3v) is 2.67. The van der Waals surface area contributed by atoms with Gasteiger partial charge in [-0.05, 0) is 37.6 Å². The van der Waals surface area contributed by atoms with Crippen molar-refractivity contribution in [2.45, 2.75) is 27.2 Å². The lowest BCUT2D eigenvalue weighted by molar-refractivity contribution is 1.13. The number of aryl methyl sites for hydroxylation is 2. The standard InChI is InChI=1S/C10H16N2S.C2H6/c1-8-7-9(3-4-10(8)11)5-6-13-12-2;1-2/h3-4,7,12H,5-6,11H2,1-2H3;1-2H3. The highest BCUT2D eigenvalue weighted by atomic mass is 32.2. The van der Waals surface area contributed by atoms with E-state index in [4.69, 9.17) is 5.73 Å². The van der Waals surface area contributed by atoms with Gasteiger partial charge in [0.25, 0.3) is 0 Å². The van der Waals surface area contributed by atoms with Gasteiger partial charge in [-0.2, -0.15) is 0 Å². The van der Waals surface area contributed by atoms with Gasteiger partial charge in [-0.25, -0.2) is 0 Å². The zero-order chi connectivity index (χ0) is 11.7. The van der Waals surface area contributed by atoms with Crippen molar-refractivity contribution in [3.8, 4) is 0 Å². The van der Waals surface area contributed by atoms with Gasteiger partial charge in [-0.3, -0.25) is 4.72 Å². The number of hydrogen-bond acceptors (Lipinski definition) is 3. The fourth-order valence-corrected chi connectivity index (χ4v) is 1.71. The molecule has 0 aliphatic rings. The number of nitrogen functional groups attached to an aromatic ring is 1. The number of benzene rings is 1. The minimum Gasteiger partial charge on any atom is -0.399 e. The number of hydrogen-bond donors (Lipinski definition) is 2. The Morgan fingerprint density at radius 2 is 2.00 bits per heavy atom. The van der Waals surface area contributed by atoms with Gasteiger partial charge >= 0.3 is 0 Å². The van der Waals surface area contributed by atoms with Crippen LogP contribution in [0.1, 0.15) is 25.0 Å². The molecule has 0 aromatic heterocycles. The molecule has 0 spiro atoms. The molecular weight excluding hydrogens is 204 g/mol. The largest absolute Gasteiger partial charge is 0.399 e. The van der Waals surface area contributed by atoms with Gasteiger partial charge in [0, 0.05) is 11.4 Å². The van der Waals surface area contributed by atoms with Crippen LogP contribution >= 0.6 is 11.9 Å². The number of nitrogens with one attached hydrogen (secondary N) is 1. The van der Waals surface area contributed by atoms with E-state index in [-0.39, 0.29) is 0 Å². The molecule has 0 amide bonds. The van der Waals surface area contributed by atoms with Crippen molar-refractivity contribution in [2.24, 2.45) is 0 Å². The van der Waals surface area contributed by atoms with Crippen LogP contribution in [0.25, 0.3) is 0 Å². The van der Waals surface area contributed by atoms with Crippen LogP contribution in [0.3, 0.4) is 0 Å². The number of nitrogens with two attached hydrogens (primary N) is 1. The van der Waals surface area contributed by atoms with Crippen molar-refractivity contribution in [3.05, 3.63) is 29.3 Å². The summed E-state index contributed by atoms with van der Waals surface area (Å²) in [7, 11) is 1.94. The summed E-state index contributed by atoms with van der Waals surface area (Å²) < 4.78 is 3.06. The smallest absolute Gasteiger partial charge is 0.0343 e. The predicted octanol–water partition coefficient (Wildman–Crippen LogP) is 3.01. The topological polar surface area (TPSA) is 38.0 Å². The minimum atomic E-state index is 0.880. The molecule has 3 N–H and O–H groups in total. The van der Waals surface area contributed by atoms with Gasteiger partial charge in [-0.1, -0.05) is 37.9 Å². The van der Waals surface area contributed by atoms with E-state index in [0.29, 0.717) is 0 Å². The summed E-state index contributed by atoms with van der Waals surface area (Å²) in [6.45, 7) is 6.05. The molecule has 0 heterocycles.